The van der Waals surface area contributed by atoms with Crippen LogP contribution in [0.2, 0.25) is 0 Å². The number of benzene rings is 4. The highest BCUT2D eigenvalue weighted by Crippen LogP contribution is 2.50. The molecule has 2 amide bonds. The summed E-state index contributed by atoms with van der Waals surface area (Å²) in [6, 6.07) is 28.9. The van der Waals surface area contributed by atoms with Gasteiger partial charge in [0, 0.05) is 23.1 Å². The third-order valence-corrected chi connectivity index (χ3v) is 8.01. The number of amides is 2. The van der Waals surface area contributed by atoms with Gasteiger partial charge < -0.3 is 0 Å². The molecule has 184 valence electrons. The fourth-order valence-electron chi connectivity index (χ4n) is 6.07. The van der Waals surface area contributed by atoms with Crippen molar-refractivity contribution in [2.45, 2.75) is 39.5 Å². The molecule has 0 radical (unpaired) electrons. The minimum Gasteiger partial charge on any atom is -0.274 e. The zero-order valence-electron chi connectivity index (χ0n) is 21.5. The molecule has 2 aliphatic rings. The maximum atomic E-state index is 13.8. The zero-order valence-corrected chi connectivity index (χ0v) is 21.5. The first kappa shape index (κ1) is 23.4. The topological polar surface area (TPSA) is 37.4 Å². The first-order valence-electron chi connectivity index (χ1n) is 13.5. The number of hydrogen-bond acceptors (Lipinski definition) is 2. The van der Waals surface area contributed by atoms with Gasteiger partial charge in [-0.15, -0.1) is 0 Å². The summed E-state index contributed by atoms with van der Waals surface area (Å²) in [6.45, 7) is 4.82. The van der Waals surface area contributed by atoms with Gasteiger partial charge in [-0.25, -0.2) is 0 Å². The minimum absolute atomic E-state index is 0.162. The van der Waals surface area contributed by atoms with Crippen molar-refractivity contribution in [1.82, 2.24) is 4.90 Å². The molecule has 3 heteroatoms. The van der Waals surface area contributed by atoms with Crippen LogP contribution in [0.3, 0.4) is 0 Å². The molecular weight excluding hydrogens is 454 g/mol. The van der Waals surface area contributed by atoms with Crippen LogP contribution in [0.1, 0.15) is 82.5 Å². The van der Waals surface area contributed by atoms with Gasteiger partial charge in [0.2, 0.25) is 0 Å². The smallest absolute Gasteiger partial charge is 0.261 e. The average molecular weight is 486 g/mol. The second-order valence-electron chi connectivity index (χ2n) is 10.2. The summed E-state index contributed by atoms with van der Waals surface area (Å²) < 4.78 is 0. The van der Waals surface area contributed by atoms with E-state index in [9.17, 15) is 9.59 Å². The van der Waals surface area contributed by atoms with E-state index >= 15 is 0 Å². The molecular formula is C34H31NO2. The average Bonchev–Trinajstić information content (AvgIpc) is 3.29. The highest BCUT2D eigenvalue weighted by Gasteiger charge is 2.37. The first-order valence-corrected chi connectivity index (χ1v) is 13.5. The van der Waals surface area contributed by atoms with Crippen LogP contribution in [0.5, 0.6) is 0 Å². The molecule has 0 N–H and O–H groups in total. The van der Waals surface area contributed by atoms with Crippen molar-refractivity contribution in [2.75, 3.05) is 6.54 Å². The van der Waals surface area contributed by atoms with E-state index in [4.69, 9.17) is 0 Å². The van der Waals surface area contributed by atoms with E-state index in [2.05, 4.69) is 74.5 Å². The van der Waals surface area contributed by atoms with Gasteiger partial charge in [-0.1, -0.05) is 106 Å². The molecule has 4 aromatic carbocycles. The Bertz CT molecular complexity index is 1450. The summed E-state index contributed by atoms with van der Waals surface area (Å²) in [5.74, 6) is 0.00583. The molecule has 0 aromatic heterocycles. The Hall–Kier alpha value is -3.98. The lowest BCUT2D eigenvalue weighted by Gasteiger charge is -2.30. The molecule has 0 bridgehead atoms. The summed E-state index contributed by atoms with van der Waals surface area (Å²) in [5, 5.41) is 1.83. The summed E-state index contributed by atoms with van der Waals surface area (Å²) in [7, 11) is 0. The Morgan fingerprint density at radius 3 is 1.54 bits per heavy atom. The molecule has 1 aliphatic heterocycles. The van der Waals surface area contributed by atoms with Gasteiger partial charge in [-0.3, -0.25) is 14.5 Å². The van der Waals surface area contributed by atoms with E-state index in [1.807, 2.05) is 24.3 Å². The molecule has 0 saturated heterocycles. The Kier molecular flexibility index (Phi) is 6.00. The maximum Gasteiger partial charge on any atom is 0.261 e. The molecule has 4 aromatic rings. The number of unbranched alkanes of at least 4 members (excludes halogenated alkanes) is 1. The number of rotatable bonds is 8. The third-order valence-electron chi connectivity index (χ3n) is 8.01. The van der Waals surface area contributed by atoms with Gasteiger partial charge in [-0.05, 0) is 63.3 Å². The van der Waals surface area contributed by atoms with Crippen molar-refractivity contribution < 1.29 is 9.59 Å². The van der Waals surface area contributed by atoms with Gasteiger partial charge >= 0.3 is 0 Å². The lowest BCUT2D eigenvalue weighted by Crippen LogP contribution is -2.43. The second kappa shape index (κ2) is 9.48. The maximum absolute atomic E-state index is 13.8. The first-order chi connectivity index (χ1) is 18.1. The summed E-state index contributed by atoms with van der Waals surface area (Å²) in [6.07, 6.45) is 4.23. The largest absolute Gasteiger partial charge is 0.274 e. The Morgan fingerprint density at radius 1 is 0.622 bits per heavy atom. The highest BCUT2D eigenvalue weighted by atomic mass is 16.2. The lowest BCUT2D eigenvalue weighted by atomic mass is 9.88. The second-order valence-corrected chi connectivity index (χ2v) is 10.2. The van der Waals surface area contributed by atoms with E-state index in [-0.39, 0.29) is 11.8 Å². The SMILES string of the molecule is CCCCC(CC)CN1C(=O)c2ccc3c4c(ccc(c24)C1=O)C(c1ccccc1)=C3c1ccccc1. The Balaban J connectivity index is 1.53. The number of carbonyl (C=O) groups is 2. The van der Waals surface area contributed by atoms with Crippen LogP contribution in [0.25, 0.3) is 21.9 Å². The van der Waals surface area contributed by atoms with E-state index in [0.29, 0.717) is 23.6 Å². The number of hydrogen-bond donors (Lipinski definition) is 0. The Labute approximate surface area is 218 Å². The van der Waals surface area contributed by atoms with Gasteiger partial charge in [0.25, 0.3) is 11.8 Å². The molecule has 0 saturated carbocycles. The molecule has 1 atom stereocenters. The minimum atomic E-state index is -0.162. The predicted octanol–water partition coefficient (Wildman–Crippen LogP) is 7.97. The van der Waals surface area contributed by atoms with Gasteiger partial charge in [0.05, 0.1) is 0 Å². The van der Waals surface area contributed by atoms with Gasteiger partial charge in [0.1, 0.15) is 0 Å². The quantitative estimate of drug-likeness (QED) is 0.209. The van der Waals surface area contributed by atoms with Crippen molar-refractivity contribution in [2.24, 2.45) is 5.92 Å². The van der Waals surface area contributed by atoms with Crippen LogP contribution in [-0.2, 0) is 0 Å². The van der Waals surface area contributed by atoms with Crippen LogP contribution < -0.4 is 0 Å². The number of imide groups is 1. The van der Waals surface area contributed by atoms with Crippen LogP contribution in [0, 0.1) is 5.92 Å². The fraction of sp³-hybridized carbons (Fsp3) is 0.235. The van der Waals surface area contributed by atoms with Crippen LogP contribution in [0.4, 0.5) is 0 Å². The van der Waals surface area contributed by atoms with Gasteiger partial charge in [-0.2, -0.15) is 0 Å². The molecule has 1 unspecified atom stereocenters. The lowest BCUT2D eigenvalue weighted by molar-refractivity contribution is 0.0580. The standard InChI is InChI=1S/C34H31NO2/c1-3-5-12-22(4-2)21-35-33(36)27-19-17-25-29(23-13-8-6-9-14-23)30(24-15-10-7-11-16-24)26-18-20-28(34(35)37)32(27)31(25)26/h6-11,13-20,22H,3-5,12,21H2,1-2H3. The normalized spacial score (nSPS) is 15.1. The number of carbonyl (C=O) groups excluding carboxylic acids is 2. The summed E-state index contributed by atoms with van der Waals surface area (Å²) in [5.41, 5.74) is 8.02. The monoisotopic (exact) mass is 485 g/mol. The van der Waals surface area contributed by atoms with E-state index in [1.165, 1.54) is 4.90 Å². The molecule has 6 rings (SSSR count). The highest BCUT2D eigenvalue weighted by molar-refractivity contribution is 6.31. The summed E-state index contributed by atoms with van der Waals surface area (Å²) >= 11 is 0. The fourth-order valence-corrected chi connectivity index (χ4v) is 6.07. The molecule has 37 heavy (non-hydrogen) atoms. The Morgan fingerprint density at radius 2 is 1.08 bits per heavy atom. The van der Waals surface area contributed by atoms with Crippen molar-refractivity contribution in [3.63, 3.8) is 0 Å². The van der Waals surface area contributed by atoms with Crippen LogP contribution >= 0.6 is 0 Å². The molecule has 1 heterocycles. The molecule has 0 spiro atoms. The zero-order chi connectivity index (χ0) is 25.5. The summed E-state index contributed by atoms with van der Waals surface area (Å²) in [4.78, 5) is 29.1. The van der Waals surface area contributed by atoms with E-state index < -0.39 is 0 Å². The van der Waals surface area contributed by atoms with Gasteiger partial charge in [0.15, 0.2) is 0 Å². The van der Waals surface area contributed by atoms with E-state index in [0.717, 1.165) is 69.9 Å². The van der Waals surface area contributed by atoms with Crippen LogP contribution in [0.15, 0.2) is 84.9 Å². The predicted molar refractivity (Wildman–Crippen MR) is 151 cm³/mol. The van der Waals surface area contributed by atoms with Crippen molar-refractivity contribution in [3.8, 4) is 0 Å². The molecule has 0 fully saturated rings. The van der Waals surface area contributed by atoms with Crippen molar-refractivity contribution >= 4 is 33.7 Å². The van der Waals surface area contributed by atoms with Crippen molar-refractivity contribution in [3.05, 3.63) is 118 Å². The van der Waals surface area contributed by atoms with Crippen LogP contribution in [-0.4, -0.2) is 23.3 Å². The van der Waals surface area contributed by atoms with Crippen molar-refractivity contribution in [1.29, 1.82) is 0 Å². The molecule has 1 aliphatic carbocycles. The molecule has 3 nitrogen and oxygen atoms in total. The van der Waals surface area contributed by atoms with E-state index in [1.54, 1.807) is 0 Å². The number of nitrogens with zero attached hydrogens (tertiary/aromatic N) is 1. The third kappa shape index (κ3) is 3.72.